The Morgan fingerprint density at radius 2 is 1.64 bits per heavy atom. The van der Waals surface area contributed by atoms with E-state index in [9.17, 15) is 13.2 Å². The molecule has 0 fully saturated rings. The Kier molecular flexibility index (Phi) is 3.21. The number of halogens is 5. The van der Waals surface area contributed by atoms with Crippen molar-refractivity contribution in [2.45, 2.75) is 19.5 Å². The van der Waals surface area contributed by atoms with Crippen molar-refractivity contribution in [3.8, 4) is 0 Å². The quantitative estimate of drug-likeness (QED) is 0.759. The summed E-state index contributed by atoms with van der Waals surface area (Å²) in [6.07, 6.45) is -5.48. The Morgan fingerprint density at radius 3 is 2.14 bits per heavy atom. The molecule has 14 heavy (non-hydrogen) atoms. The van der Waals surface area contributed by atoms with Gasteiger partial charge in [-0.25, -0.2) is 0 Å². The zero-order valence-corrected chi connectivity index (χ0v) is 8.50. The molecule has 1 heterocycles. The molecule has 1 aromatic rings. The molecule has 0 radical (unpaired) electrons. The second-order valence-corrected chi connectivity index (χ2v) is 3.39. The van der Waals surface area contributed by atoms with Crippen LogP contribution < -0.4 is 0 Å². The summed E-state index contributed by atoms with van der Waals surface area (Å²) < 4.78 is 36.2. The molecule has 7 heteroatoms. The van der Waals surface area contributed by atoms with Gasteiger partial charge >= 0.3 is 6.18 Å². The second-order valence-electron chi connectivity index (χ2n) is 2.68. The van der Waals surface area contributed by atoms with Gasteiger partial charge in [-0.1, -0.05) is 23.2 Å². The lowest BCUT2D eigenvalue weighted by atomic mass is 10.1. The van der Waals surface area contributed by atoms with Crippen LogP contribution in [0.4, 0.5) is 13.2 Å². The Morgan fingerprint density at radius 1 is 1.14 bits per heavy atom. The molecule has 0 bridgehead atoms. The minimum atomic E-state index is -4.33. The van der Waals surface area contributed by atoms with Crippen LogP contribution >= 0.6 is 23.2 Å². The van der Waals surface area contributed by atoms with Gasteiger partial charge < -0.3 is 0 Å². The zero-order valence-electron chi connectivity index (χ0n) is 6.99. The Hall–Kier alpha value is -0.550. The highest BCUT2D eigenvalue weighted by atomic mass is 35.5. The maximum Gasteiger partial charge on any atom is 0.393 e. The van der Waals surface area contributed by atoms with Gasteiger partial charge in [0.1, 0.15) is 0 Å². The van der Waals surface area contributed by atoms with Crippen LogP contribution in [-0.4, -0.2) is 16.4 Å². The minimum absolute atomic E-state index is 0.0614. The van der Waals surface area contributed by atoms with Crippen molar-refractivity contribution in [1.82, 2.24) is 10.2 Å². The fraction of sp³-hybridized carbons (Fsp3) is 0.429. The van der Waals surface area contributed by atoms with Crippen LogP contribution in [0.3, 0.4) is 0 Å². The van der Waals surface area contributed by atoms with E-state index in [0.29, 0.717) is 0 Å². The highest BCUT2D eigenvalue weighted by Crippen LogP contribution is 2.29. The molecule has 0 saturated carbocycles. The first kappa shape index (κ1) is 11.5. The molecule has 0 aliphatic rings. The smallest absolute Gasteiger partial charge is 0.171 e. The summed E-state index contributed by atoms with van der Waals surface area (Å²) in [6.45, 7) is 1.42. The molecule has 1 rings (SSSR count). The number of rotatable bonds is 1. The van der Waals surface area contributed by atoms with E-state index in [4.69, 9.17) is 23.2 Å². The fourth-order valence-electron chi connectivity index (χ4n) is 0.908. The number of aromatic nitrogens is 2. The van der Waals surface area contributed by atoms with E-state index in [1.54, 1.807) is 0 Å². The number of hydrogen-bond donors (Lipinski definition) is 0. The highest BCUT2D eigenvalue weighted by Gasteiger charge is 2.30. The first-order valence-corrected chi connectivity index (χ1v) is 4.31. The van der Waals surface area contributed by atoms with Crippen molar-refractivity contribution in [2.75, 3.05) is 0 Å². The zero-order chi connectivity index (χ0) is 10.9. The second kappa shape index (κ2) is 3.90. The summed E-state index contributed by atoms with van der Waals surface area (Å²) >= 11 is 11.0. The van der Waals surface area contributed by atoms with E-state index >= 15 is 0 Å². The molecule has 0 spiro atoms. The van der Waals surface area contributed by atoms with Crippen molar-refractivity contribution in [1.29, 1.82) is 0 Å². The van der Waals surface area contributed by atoms with E-state index in [1.165, 1.54) is 6.92 Å². The Balaban J connectivity index is 3.13. The molecule has 0 aliphatic heterocycles. The normalized spacial score (nSPS) is 11.9. The lowest BCUT2D eigenvalue weighted by Crippen LogP contribution is -2.14. The fourth-order valence-corrected chi connectivity index (χ4v) is 1.31. The monoisotopic (exact) mass is 244 g/mol. The minimum Gasteiger partial charge on any atom is -0.171 e. The van der Waals surface area contributed by atoms with Gasteiger partial charge in [0.2, 0.25) is 0 Å². The topological polar surface area (TPSA) is 25.8 Å². The number of nitrogens with zero attached hydrogens (tertiary/aromatic N) is 2. The third-order valence-electron chi connectivity index (χ3n) is 1.61. The summed E-state index contributed by atoms with van der Waals surface area (Å²) in [7, 11) is 0. The van der Waals surface area contributed by atoms with Crippen molar-refractivity contribution < 1.29 is 13.2 Å². The molecular weight excluding hydrogens is 240 g/mol. The largest absolute Gasteiger partial charge is 0.393 e. The van der Waals surface area contributed by atoms with E-state index in [2.05, 4.69) is 10.2 Å². The molecule has 0 aromatic carbocycles. The first-order valence-electron chi connectivity index (χ1n) is 3.55. The Bertz CT molecular complexity index is 352. The van der Waals surface area contributed by atoms with Crippen LogP contribution in [0, 0.1) is 6.92 Å². The maximum absolute atomic E-state index is 12.1. The van der Waals surface area contributed by atoms with Crippen molar-refractivity contribution in [2.24, 2.45) is 0 Å². The van der Waals surface area contributed by atoms with E-state index < -0.39 is 12.6 Å². The van der Waals surface area contributed by atoms with Gasteiger partial charge in [-0.3, -0.25) is 0 Å². The molecule has 0 unspecified atom stereocenters. The SMILES string of the molecule is Cc1c(Cl)nnc(Cl)c1CC(F)(F)F. The Labute approximate surface area is 88.0 Å². The molecule has 0 aliphatic carbocycles. The van der Waals surface area contributed by atoms with Crippen LogP contribution in [0.15, 0.2) is 0 Å². The van der Waals surface area contributed by atoms with Gasteiger partial charge in [0.05, 0.1) is 6.42 Å². The molecule has 1 aromatic heterocycles. The molecule has 0 N–H and O–H groups in total. The lowest BCUT2D eigenvalue weighted by molar-refractivity contribution is -0.127. The van der Waals surface area contributed by atoms with Crippen molar-refractivity contribution >= 4 is 23.2 Å². The molecule has 0 atom stereocenters. The summed E-state index contributed by atoms with van der Waals surface area (Å²) in [4.78, 5) is 0. The summed E-state index contributed by atoms with van der Waals surface area (Å²) in [6, 6.07) is 0. The molecule has 0 saturated heterocycles. The van der Waals surface area contributed by atoms with Crippen molar-refractivity contribution in [3.63, 3.8) is 0 Å². The van der Waals surface area contributed by atoms with Gasteiger partial charge in [-0.05, 0) is 12.5 Å². The molecule has 0 amide bonds. The van der Waals surface area contributed by atoms with Crippen molar-refractivity contribution in [3.05, 3.63) is 21.4 Å². The summed E-state index contributed by atoms with van der Waals surface area (Å²) in [5.74, 6) is 0. The van der Waals surface area contributed by atoms with Gasteiger partial charge in [0, 0.05) is 5.56 Å². The number of alkyl halides is 3. The average molecular weight is 245 g/mol. The van der Waals surface area contributed by atoms with Gasteiger partial charge in [-0.15, -0.1) is 10.2 Å². The van der Waals surface area contributed by atoms with Gasteiger partial charge in [-0.2, -0.15) is 13.2 Å². The molecule has 2 nitrogen and oxygen atoms in total. The third-order valence-corrected chi connectivity index (χ3v) is 2.28. The van der Waals surface area contributed by atoms with Crippen LogP contribution in [0.25, 0.3) is 0 Å². The van der Waals surface area contributed by atoms with Gasteiger partial charge in [0.25, 0.3) is 0 Å². The molecule has 78 valence electrons. The van der Waals surface area contributed by atoms with Crippen LogP contribution in [0.5, 0.6) is 0 Å². The van der Waals surface area contributed by atoms with E-state index in [0.717, 1.165) is 0 Å². The van der Waals surface area contributed by atoms with Crippen LogP contribution in [0.1, 0.15) is 11.1 Å². The standard InChI is InChI=1S/C7H5Cl2F3N2/c1-3-4(2-7(10,11)12)6(9)14-13-5(3)8/h2H2,1H3. The summed E-state index contributed by atoms with van der Waals surface area (Å²) in [5.41, 5.74) is 0.0863. The van der Waals surface area contributed by atoms with Crippen LogP contribution in [0.2, 0.25) is 10.3 Å². The first-order chi connectivity index (χ1) is 6.31. The van der Waals surface area contributed by atoms with E-state index in [-0.39, 0.29) is 21.4 Å². The number of hydrogen-bond acceptors (Lipinski definition) is 2. The highest BCUT2D eigenvalue weighted by molar-refractivity contribution is 6.32. The van der Waals surface area contributed by atoms with E-state index in [1.807, 2.05) is 0 Å². The van der Waals surface area contributed by atoms with Crippen LogP contribution in [-0.2, 0) is 6.42 Å². The average Bonchev–Trinajstić information content (AvgIpc) is 2.04. The van der Waals surface area contributed by atoms with Gasteiger partial charge in [0.15, 0.2) is 10.3 Å². The molecular formula is C7H5Cl2F3N2. The predicted molar refractivity (Wildman–Crippen MR) is 46.5 cm³/mol. The predicted octanol–water partition coefficient (Wildman–Crippen LogP) is 3.20. The maximum atomic E-state index is 12.1. The third kappa shape index (κ3) is 2.72. The lowest BCUT2D eigenvalue weighted by Gasteiger charge is -2.10. The summed E-state index contributed by atoms with van der Waals surface area (Å²) in [5, 5.41) is 6.37.